The molecule has 5 N–H and O–H groups in total. The summed E-state index contributed by atoms with van der Waals surface area (Å²) in [4.78, 5) is 40.3. The van der Waals surface area contributed by atoms with Crippen LogP contribution in [0.3, 0.4) is 0 Å². The molecule has 0 aromatic carbocycles. The number of carbonyl (C=O) groups excluding carboxylic acids is 3. The predicted molar refractivity (Wildman–Crippen MR) is 136 cm³/mol. The van der Waals surface area contributed by atoms with Gasteiger partial charge in [-0.15, -0.1) is 0 Å². The molecule has 12 heteroatoms. The van der Waals surface area contributed by atoms with Gasteiger partial charge in [0.15, 0.2) is 0 Å². The Balaban J connectivity index is 1.35. The molecule has 192 valence electrons. The number of morpholine rings is 1. The minimum atomic E-state index is -0.369. The van der Waals surface area contributed by atoms with Crippen molar-refractivity contribution in [3.63, 3.8) is 0 Å². The first-order valence-corrected chi connectivity index (χ1v) is 11.7. The van der Waals surface area contributed by atoms with Crippen LogP contribution in [0.5, 0.6) is 0 Å². The molecule has 1 aliphatic rings. The summed E-state index contributed by atoms with van der Waals surface area (Å²) in [6, 6.07) is 4.80. The maximum Gasteiger partial charge on any atom is 0.272 e. The molecule has 1 fully saturated rings. The molecule has 4 heterocycles. The lowest BCUT2D eigenvalue weighted by Crippen LogP contribution is -2.41. The van der Waals surface area contributed by atoms with Crippen molar-refractivity contribution in [2.75, 3.05) is 55.8 Å². The third kappa shape index (κ3) is 5.78. The van der Waals surface area contributed by atoms with E-state index in [0.29, 0.717) is 53.9 Å². The van der Waals surface area contributed by atoms with Gasteiger partial charge in [0.1, 0.15) is 17.1 Å². The Labute approximate surface area is 209 Å². The number of aryl methyl sites for hydroxylation is 3. The molecule has 1 saturated heterocycles. The summed E-state index contributed by atoms with van der Waals surface area (Å²) < 4.78 is 10.3. The first-order chi connectivity index (χ1) is 17.2. The molecule has 3 aromatic rings. The normalized spacial score (nSPS) is 14.0. The molecule has 36 heavy (non-hydrogen) atoms. The Morgan fingerprint density at radius 1 is 0.806 bits per heavy atom. The lowest BCUT2D eigenvalue weighted by molar-refractivity contribution is 0.0383. The number of nitrogens with zero attached hydrogens (tertiary/aromatic N) is 4. The van der Waals surface area contributed by atoms with Crippen LogP contribution in [0, 0.1) is 0 Å². The lowest BCUT2D eigenvalue weighted by Gasteiger charge is -2.26. The van der Waals surface area contributed by atoms with Crippen molar-refractivity contribution >= 4 is 34.8 Å². The number of nitrogens with one attached hydrogen (secondary N) is 3. The van der Waals surface area contributed by atoms with Crippen LogP contribution in [0.15, 0.2) is 36.8 Å². The molecular weight excluding hydrogens is 464 g/mol. The van der Waals surface area contributed by atoms with Crippen LogP contribution in [-0.4, -0.2) is 75.7 Å². The number of carbonyl (C=O) groups is 3. The zero-order valence-electron chi connectivity index (χ0n) is 20.7. The standard InChI is InChI=1S/C24H32N8O4/c1-29-13-16(25)10-19(29)23(34)27-18-12-21(31(3)15-18)24(35)28-17-11-20(30(2)14-17)22(33)26-4-5-32-6-8-36-9-7-32/h10-15H,4-9,25H2,1-3H3,(H,26,33)(H,27,34)(H,28,35). The fourth-order valence-corrected chi connectivity index (χ4v) is 4.17. The van der Waals surface area contributed by atoms with Crippen LogP contribution >= 0.6 is 0 Å². The molecule has 0 atom stereocenters. The van der Waals surface area contributed by atoms with Crippen molar-refractivity contribution < 1.29 is 19.1 Å². The molecule has 0 bridgehead atoms. The van der Waals surface area contributed by atoms with Crippen molar-refractivity contribution in [1.82, 2.24) is 23.9 Å². The van der Waals surface area contributed by atoms with Crippen molar-refractivity contribution in [2.45, 2.75) is 0 Å². The van der Waals surface area contributed by atoms with E-state index in [1.807, 2.05) is 0 Å². The second kappa shape index (κ2) is 10.7. The molecule has 0 radical (unpaired) electrons. The van der Waals surface area contributed by atoms with E-state index >= 15 is 0 Å². The summed E-state index contributed by atoms with van der Waals surface area (Å²) >= 11 is 0. The number of ether oxygens (including phenoxy) is 1. The van der Waals surface area contributed by atoms with Crippen molar-refractivity contribution in [1.29, 1.82) is 0 Å². The van der Waals surface area contributed by atoms with Crippen LogP contribution < -0.4 is 21.7 Å². The highest BCUT2D eigenvalue weighted by Crippen LogP contribution is 2.19. The van der Waals surface area contributed by atoms with Crippen LogP contribution in [0.2, 0.25) is 0 Å². The fourth-order valence-electron chi connectivity index (χ4n) is 4.17. The average molecular weight is 497 g/mol. The van der Waals surface area contributed by atoms with Crippen molar-refractivity contribution in [2.24, 2.45) is 21.1 Å². The number of hydrogen-bond donors (Lipinski definition) is 4. The predicted octanol–water partition coefficient (Wildman–Crippen LogP) is 0.851. The van der Waals surface area contributed by atoms with Crippen LogP contribution in [0.25, 0.3) is 0 Å². The Kier molecular flexibility index (Phi) is 7.46. The van der Waals surface area contributed by atoms with Gasteiger partial charge >= 0.3 is 0 Å². The Bertz CT molecular complexity index is 1270. The minimum Gasteiger partial charge on any atom is -0.397 e. The number of aromatic nitrogens is 3. The zero-order chi connectivity index (χ0) is 25.8. The maximum absolute atomic E-state index is 12.9. The Morgan fingerprint density at radius 2 is 1.31 bits per heavy atom. The van der Waals surface area contributed by atoms with Gasteiger partial charge in [0.05, 0.1) is 30.3 Å². The Morgan fingerprint density at radius 3 is 1.83 bits per heavy atom. The molecule has 4 rings (SSSR count). The fraction of sp³-hybridized carbons (Fsp3) is 0.375. The molecule has 3 amide bonds. The van der Waals surface area contributed by atoms with Gasteiger partial charge in [-0.1, -0.05) is 0 Å². The molecule has 0 saturated carbocycles. The lowest BCUT2D eigenvalue weighted by atomic mass is 10.3. The molecule has 1 aliphatic heterocycles. The summed E-state index contributed by atoms with van der Waals surface area (Å²) in [6.45, 7) is 4.44. The number of rotatable bonds is 8. The number of anilines is 3. The van der Waals surface area contributed by atoms with Crippen LogP contribution in [0.4, 0.5) is 17.1 Å². The topological polar surface area (TPSA) is 141 Å². The van der Waals surface area contributed by atoms with Gasteiger partial charge in [0.25, 0.3) is 17.7 Å². The van der Waals surface area contributed by atoms with Gasteiger partial charge in [-0.2, -0.15) is 0 Å². The molecule has 3 aromatic heterocycles. The van der Waals surface area contributed by atoms with E-state index in [0.717, 1.165) is 19.6 Å². The van der Waals surface area contributed by atoms with Crippen LogP contribution in [0.1, 0.15) is 31.5 Å². The second-order valence-corrected chi connectivity index (χ2v) is 8.84. The summed E-state index contributed by atoms with van der Waals surface area (Å²) in [7, 11) is 5.19. The number of hydrogen-bond acceptors (Lipinski definition) is 6. The van der Waals surface area contributed by atoms with E-state index < -0.39 is 0 Å². The third-order valence-corrected chi connectivity index (χ3v) is 6.07. The van der Waals surface area contributed by atoms with Crippen molar-refractivity contribution in [3.8, 4) is 0 Å². The molecule has 0 aliphatic carbocycles. The highest BCUT2D eigenvalue weighted by atomic mass is 16.5. The SMILES string of the molecule is Cn1cc(NC(=O)c2cc(NC(=O)c3cc(N)cn3C)cn2C)cc1C(=O)NCCN1CCOCC1. The van der Waals surface area contributed by atoms with Gasteiger partial charge in [0.2, 0.25) is 0 Å². The molecule has 0 unspecified atom stereocenters. The summed E-state index contributed by atoms with van der Waals surface area (Å²) in [6.07, 6.45) is 4.98. The molecular formula is C24H32N8O4. The summed E-state index contributed by atoms with van der Waals surface area (Å²) in [5.74, 6) is -0.915. The van der Waals surface area contributed by atoms with Gasteiger partial charge in [-0.3, -0.25) is 19.3 Å². The van der Waals surface area contributed by atoms with Crippen molar-refractivity contribution in [3.05, 3.63) is 53.9 Å². The van der Waals surface area contributed by atoms with E-state index in [9.17, 15) is 14.4 Å². The number of nitrogens with two attached hydrogens (primary N) is 1. The molecule has 0 spiro atoms. The van der Waals surface area contributed by atoms with E-state index in [1.54, 1.807) is 71.6 Å². The van der Waals surface area contributed by atoms with Gasteiger partial charge in [-0.05, 0) is 18.2 Å². The largest absolute Gasteiger partial charge is 0.397 e. The van der Waals surface area contributed by atoms with E-state index in [2.05, 4.69) is 20.9 Å². The van der Waals surface area contributed by atoms with Gasteiger partial charge in [0, 0.05) is 65.9 Å². The Hall–Kier alpha value is -4.03. The number of amides is 3. The molecule has 12 nitrogen and oxygen atoms in total. The first kappa shape index (κ1) is 25.1. The second-order valence-electron chi connectivity index (χ2n) is 8.84. The van der Waals surface area contributed by atoms with E-state index in [4.69, 9.17) is 10.5 Å². The minimum absolute atomic E-state index is 0.212. The average Bonchev–Trinajstić information content (AvgIpc) is 3.50. The van der Waals surface area contributed by atoms with Gasteiger partial charge in [-0.25, -0.2) is 0 Å². The monoisotopic (exact) mass is 496 g/mol. The van der Waals surface area contributed by atoms with E-state index in [1.165, 1.54) is 0 Å². The van der Waals surface area contributed by atoms with E-state index in [-0.39, 0.29) is 17.7 Å². The van der Waals surface area contributed by atoms with Gasteiger partial charge < -0.3 is 40.1 Å². The maximum atomic E-state index is 12.9. The van der Waals surface area contributed by atoms with Crippen LogP contribution in [-0.2, 0) is 25.9 Å². The number of nitrogen functional groups attached to an aromatic ring is 1. The summed E-state index contributed by atoms with van der Waals surface area (Å²) in [5, 5.41) is 8.52. The highest BCUT2D eigenvalue weighted by Gasteiger charge is 2.18. The first-order valence-electron chi connectivity index (χ1n) is 11.7. The highest BCUT2D eigenvalue weighted by molar-refractivity contribution is 6.07. The quantitative estimate of drug-likeness (QED) is 0.365. The smallest absolute Gasteiger partial charge is 0.272 e. The zero-order valence-corrected chi connectivity index (χ0v) is 20.7. The summed E-state index contributed by atoms with van der Waals surface area (Å²) in [5.41, 5.74) is 8.39. The third-order valence-electron chi connectivity index (χ3n) is 6.07.